The van der Waals surface area contributed by atoms with Crippen LogP contribution in [-0.4, -0.2) is 20.4 Å². The molecule has 0 saturated heterocycles. The SMILES string of the molecule is Cc1nsc(Sc2ccc(C(=O)O)cc2Cl)n1. The minimum absolute atomic E-state index is 0.174. The molecule has 0 aliphatic rings. The second kappa shape index (κ2) is 5.03. The minimum Gasteiger partial charge on any atom is -0.478 e. The summed E-state index contributed by atoms with van der Waals surface area (Å²) in [6, 6.07) is 4.62. The lowest BCUT2D eigenvalue weighted by molar-refractivity contribution is 0.0697. The van der Waals surface area contributed by atoms with E-state index in [0.717, 1.165) is 15.1 Å². The molecule has 2 aromatic rings. The van der Waals surface area contributed by atoms with Gasteiger partial charge in [-0.2, -0.15) is 4.37 Å². The quantitative estimate of drug-likeness (QED) is 0.937. The summed E-state index contributed by atoms with van der Waals surface area (Å²) >= 11 is 8.67. The van der Waals surface area contributed by atoms with Gasteiger partial charge in [0.05, 0.1) is 10.6 Å². The van der Waals surface area contributed by atoms with E-state index >= 15 is 0 Å². The van der Waals surface area contributed by atoms with Crippen LogP contribution in [0.5, 0.6) is 0 Å². The van der Waals surface area contributed by atoms with E-state index in [9.17, 15) is 4.79 Å². The van der Waals surface area contributed by atoms with E-state index < -0.39 is 5.97 Å². The molecule has 88 valence electrons. The van der Waals surface area contributed by atoms with Crippen molar-refractivity contribution in [2.45, 2.75) is 16.2 Å². The van der Waals surface area contributed by atoms with Crippen molar-refractivity contribution in [3.8, 4) is 0 Å². The van der Waals surface area contributed by atoms with Gasteiger partial charge in [0.25, 0.3) is 0 Å². The zero-order valence-corrected chi connectivity index (χ0v) is 11.1. The highest BCUT2D eigenvalue weighted by Crippen LogP contribution is 2.34. The molecular formula is C10H7ClN2O2S2. The summed E-state index contributed by atoms with van der Waals surface area (Å²) in [5.41, 5.74) is 0.174. The first-order chi connectivity index (χ1) is 8.06. The standard InChI is InChI=1S/C10H7ClN2O2S2/c1-5-12-10(17-13-5)16-8-3-2-6(9(14)15)4-7(8)11/h2-4H,1H3,(H,14,15). The van der Waals surface area contributed by atoms with Crippen LogP contribution in [0.4, 0.5) is 0 Å². The van der Waals surface area contributed by atoms with Crippen LogP contribution in [0.3, 0.4) is 0 Å². The lowest BCUT2D eigenvalue weighted by atomic mass is 10.2. The number of benzene rings is 1. The summed E-state index contributed by atoms with van der Waals surface area (Å²) in [5.74, 6) is -0.272. The highest BCUT2D eigenvalue weighted by molar-refractivity contribution is 8.01. The van der Waals surface area contributed by atoms with E-state index in [1.165, 1.54) is 35.4 Å². The van der Waals surface area contributed by atoms with E-state index in [1.807, 2.05) is 6.92 Å². The number of aromatic nitrogens is 2. The van der Waals surface area contributed by atoms with Gasteiger partial charge >= 0.3 is 5.97 Å². The van der Waals surface area contributed by atoms with Gasteiger partial charge in [0.15, 0.2) is 4.34 Å². The normalized spacial score (nSPS) is 10.5. The molecule has 0 radical (unpaired) electrons. The fraction of sp³-hybridized carbons (Fsp3) is 0.100. The zero-order valence-electron chi connectivity index (χ0n) is 8.68. The molecule has 7 heteroatoms. The lowest BCUT2D eigenvalue weighted by Gasteiger charge is -2.02. The zero-order chi connectivity index (χ0) is 12.4. The number of carbonyl (C=O) groups is 1. The summed E-state index contributed by atoms with van der Waals surface area (Å²) in [6.45, 7) is 1.82. The molecule has 0 spiro atoms. The van der Waals surface area contributed by atoms with Crippen LogP contribution >= 0.6 is 34.9 Å². The first kappa shape index (κ1) is 12.3. The molecule has 1 heterocycles. The van der Waals surface area contributed by atoms with E-state index in [1.54, 1.807) is 6.07 Å². The summed E-state index contributed by atoms with van der Waals surface area (Å²) in [6.07, 6.45) is 0. The van der Waals surface area contributed by atoms with Crippen LogP contribution in [0.1, 0.15) is 16.2 Å². The Morgan fingerprint density at radius 3 is 2.82 bits per heavy atom. The molecule has 0 unspecified atom stereocenters. The number of nitrogens with zero attached hydrogens (tertiary/aromatic N) is 2. The van der Waals surface area contributed by atoms with Gasteiger partial charge in [-0.1, -0.05) is 23.4 Å². The highest BCUT2D eigenvalue weighted by Gasteiger charge is 2.10. The maximum Gasteiger partial charge on any atom is 0.335 e. The Kier molecular flexibility index (Phi) is 3.66. The van der Waals surface area contributed by atoms with Gasteiger partial charge in [-0.05, 0) is 36.7 Å². The van der Waals surface area contributed by atoms with Gasteiger partial charge < -0.3 is 5.11 Å². The minimum atomic E-state index is -0.991. The number of rotatable bonds is 3. The third-order valence-corrected chi connectivity index (χ3v) is 4.23. The molecule has 1 N–H and O–H groups in total. The van der Waals surface area contributed by atoms with Crippen molar-refractivity contribution in [1.82, 2.24) is 9.36 Å². The molecule has 4 nitrogen and oxygen atoms in total. The summed E-state index contributed by atoms with van der Waals surface area (Å²) in [4.78, 5) is 15.7. The summed E-state index contributed by atoms with van der Waals surface area (Å²) in [7, 11) is 0. The van der Waals surface area contributed by atoms with Gasteiger partial charge in [0, 0.05) is 4.90 Å². The third-order valence-electron chi connectivity index (χ3n) is 1.89. The Balaban J connectivity index is 2.25. The van der Waals surface area contributed by atoms with Crippen LogP contribution in [0.2, 0.25) is 5.02 Å². The molecule has 0 amide bonds. The Hall–Kier alpha value is -1.11. The van der Waals surface area contributed by atoms with Gasteiger partial charge in [-0.25, -0.2) is 9.78 Å². The van der Waals surface area contributed by atoms with E-state index in [2.05, 4.69) is 9.36 Å². The predicted molar refractivity (Wildman–Crippen MR) is 67.2 cm³/mol. The highest BCUT2D eigenvalue weighted by atomic mass is 35.5. The average Bonchev–Trinajstić information content (AvgIpc) is 2.67. The Labute approximate surface area is 111 Å². The fourth-order valence-corrected chi connectivity index (χ4v) is 3.04. The number of halogens is 1. The largest absolute Gasteiger partial charge is 0.478 e. The van der Waals surface area contributed by atoms with Crippen molar-refractivity contribution in [3.05, 3.63) is 34.6 Å². The molecule has 0 saturated carbocycles. The molecule has 17 heavy (non-hydrogen) atoms. The first-order valence-electron chi connectivity index (χ1n) is 4.57. The number of hydrogen-bond acceptors (Lipinski definition) is 5. The Morgan fingerprint density at radius 2 is 2.29 bits per heavy atom. The molecular weight excluding hydrogens is 280 g/mol. The van der Waals surface area contributed by atoms with Crippen LogP contribution < -0.4 is 0 Å². The van der Waals surface area contributed by atoms with Crippen molar-refractivity contribution >= 4 is 40.9 Å². The Bertz CT molecular complexity index is 571. The number of carboxylic acids is 1. The molecule has 0 aliphatic carbocycles. The van der Waals surface area contributed by atoms with Crippen molar-refractivity contribution in [1.29, 1.82) is 0 Å². The second-order valence-electron chi connectivity index (χ2n) is 3.16. The average molecular weight is 287 g/mol. The van der Waals surface area contributed by atoms with Gasteiger partial charge in [0.1, 0.15) is 5.82 Å². The van der Waals surface area contributed by atoms with E-state index in [0.29, 0.717) is 5.02 Å². The predicted octanol–water partition coefficient (Wildman–Crippen LogP) is 3.35. The fourth-order valence-electron chi connectivity index (χ4n) is 1.13. The smallest absolute Gasteiger partial charge is 0.335 e. The molecule has 1 aromatic heterocycles. The van der Waals surface area contributed by atoms with Crippen molar-refractivity contribution in [3.63, 3.8) is 0 Å². The summed E-state index contributed by atoms with van der Waals surface area (Å²) in [5, 5.41) is 9.21. The van der Waals surface area contributed by atoms with Gasteiger partial charge in [-0.3, -0.25) is 0 Å². The number of aromatic carboxylic acids is 1. The first-order valence-corrected chi connectivity index (χ1v) is 6.54. The maximum absolute atomic E-state index is 10.7. The van der Waals surface area contributed by atoms with E-state index in [4.69, 9.17) is 16.7 Å². The lowest BCUT2D eigenvalue weighted by Crippen LogP contribution is -1.95. The number of hydrogen-bond donors (Lipinski definition) is 1. The van der Waals surface area contributed by atoms with Crippen LogP contribution in [0.15, 0.2) is 27.4 Å². The van der Waals surface area contributed by atoms with Crippen LogP contribution in [-0.2, 0) is 0 Å². The van der Waals surface area contributed by atoms with Crippen LogP contribution in [0.25, 0.3) is 0 Å². The maximum atomic E-state index is 10.7. The second-order valence-corrected chi connectivity index (χ2v) is 5.61. The number of aryl methyl sites for hydroxylation is 1. The van der Waals surface area contributed by atoms with E-state index in [-0.39, 0.29) is 5.56 Å². The molecule has 2 rings (SSSR count). The molecule has 1 aromatic carbocycles. The molecule has 0 bridgehead atoms. The van der Waals surface area contributed by atoms with Crippen LogP contribution in [0, 0.1) is 6.92 Å². The summed E-state index contributed by atoms with van der Waals surface area (Å²) < 4.78 is 4.85. The molecule has 0 fully saturated rings. The van der Waals surface area contributed by atoms with Crippen molar-refractivity contribution in [2.24, 2.45) is 0 Å². The molecule has 0 aliphatic heterocycles. The third kappa shape index (κ3) is 2.96. The van der Waals surface area contributed by atoms with Crippen molar-refractivity contribution < 1.29 is 9.90 Å². The molecule has 0 atom stereocenters. The number of carboxylic acid groups (broad SMARTS) is 1. The Morgan fingerprint density at radius 1 is 1.53 bits per heavy atom. The monoisotopic (exact) mass is 286 g/mol. The van der Waals surface area contributed by atoms with Gasteiger partial charge in [-0.15, -0.1) is 0 Å². The topological polar surface area (TPSA) is 63.1 Å². The van der Waals surface area contributed by atoms with Crippen molar-refractivity contribution in [2.75, 3.05) is 0 Å². The van der Waals surface area contributed by atoms with Gasteiger partial charge in [0.2, 0.25) is 0 Å².